The number of alkyl halides is 3. The summed E-state index contributed by atoms with van der Waals surface area (Å²) in [5.41, 5.74) is 6.42. The summed E-state index contributed by atoms with van der Waals surface area (Å²) in [5, 5.41) is 0. The summed E-state index contributed by atoms with van der Waals surface area (Å²) in [4.78, 5) is 11.6. The zero-order chi connectivity index (χ0) is 24.5. The zero-order valence-corrected chi connectivity index (χ0v) is 18.9. The van der Waals surface area contributed by atoms with Crippen molar-refractivity contribution in [2.75, 3.05) is 19.7 Å². The first-order chi connectivity index (χ1) is 15.6. The molecule has 2 aromatic rings. The average Bonchev–Trinajstić information content (AvgIpc) is 2.75. The van der Waals surface area contributed by atoms with Crippen molar-refractivity contribution in [3.05, 3.63) is 60.2 Å². The van der Waals surface area contributed by atoms with Gasteiger partial charge in [0.15, 0.2) is 0 Å². The second kappa shape index (κ2) is 12.0. The van der Waals surface area contributed by atoms with E-state index in [1.165, 1.54) is 12.1 Å². The van der Waals surface area contributed by atoms with Gasteiger partial charge in [0.05, 0.1) is 6.61 Å². The predicted octanol–water partition coefficient (Wildman–Crippen LogP) is 3.49. The molecule has 7 nitrogen and oxygen atoms in total. The normalized spacial score (nSPS) is 13.0. The Morgan fingerprint density at radius 2 is 1.73 bits per heavy atom. The van der Waals surface area contributed by atoms with Crippen molar-refractivity contribution in [2.45, 2.75) is 43.5 Å². The van der Waals surface area contributed by atoms with Crippen molar-refractivity contribution >= 4 is 16.0 Å². The fourth-order valence-electron chi connectivity index (χ4n) is 3.33. The molecule has 2 aromatic carbocycles. The maximum atomic E-state index is 13.6. The Balaban J connectivity index is 2.55. The van der Waals surface area contributed by atoms with E-state index in [0.29, 0.717) is 6.42 Å². The van der Waals surface area contributed by atoms with Gasteiger partial charge in [-0.15, -0.1) is 13.2 Å². The molecule has 0 spiro atoms. The van der Waals surface area contributed by atoms with Gasteiger partial charge in [-0.2, -0.15) is 4.31 Å². The molecular formula is C22H27F3N2O5S. The first kappa shape index (κ1) is 26.6. The van der Waals surface area contributed by atoms with E-state index in [1.54, 1.807) is 37.3 Å². The number of rotatable bonds is 12. The Hall–Kier alpha value is -2.63. The molecule has 0 heterocycles. The summed E-state index contributed by atoms with van der Waals surface area (Å²) in [5.74, 6) is -1.70. The first-order valence-corrected chi connectivity index (χ1v) is 11.8. The van der Waals surface area contributed by atoms with Gasteiger partial charge in [-0.3, -0.25) is 4.79 Å². The van der Waals surface area contributed by atoms with Crippen molar-refractivity contribution in [1.29, 1.82) is 0 Å². The van der Waals surface area contributed by atoms with Gasteiger partial charge in [0.1, 0.15) is 17.2 Å². The van der Waals surface area contributed by atoms with Crippen LogP contribution in [0.5, 0.6) is 5.75 Å². The maximum absolute atomic E-state index is 13.6. The monoisotopic (exact) mass is 488 g/mol. The lowest BCUT2D eigenvalue weighted by molar-refractivity contribution is -0.275. The van der Waals surface area contributed by atoms with Crippen LogP contribution in [0.25, 0.3) is 0 Å². The molecule has 0 radical (unpaired) electrons. The fourth-order valence-corrected chi connectivity index (χ4v) is 5.05. The Morgan fingerprint density at radius 1 is 1.09 bits per heavy atom. The highest BCUT2D eigenvalue weighted by molar-refractivity contribution is 7.89. The molecule has 0 saturated carbocycles. The molecule has 0 aliphatic heterocycles. The molecule has 0 amide bonds. The molecular weight excluding hydrogens is 461 g/mol. The molecule has 0 fully saturated rings. The van der Waals surface area contributed by atoms with E-state index in [-0.39, 0.29) is 26.0 Å². The molecule has 1 atom stereocenters. The Kier molecular flexibility index (Phi) is 9.69. The van der Waals surface area contributed by atoms with Gasteiger partial charge >= 0.3 is 12.3 Å². The van der Waals surface area contributed by atoms with Gasteiger partial charge in [-0.25, -0.2) is 8.42 Å². The Morgan fingerprint density at radius 3 is 2.33 bits per heavy atom. The third kappa shape index (κ3) is 8.02. The number of benzene rings is 2. The molecule has 2 rings (SSSR count). The van der Waals surface area contributed by atoms with Crippen LogP contribution in [0.1, 0.15) is 25.3 Å². The SMILES string of the molecule is CCOC(=O)CN([C@@H](CCCN)Cc1ccccc1)S(=O)(=O)c1ccccc1OC(F)(F)F. The van der Waals surface area contributed by atoms with E-state index in [4.69, 9.17) is 10.5 Å². The van der Waals surface area contributed by atoms with E-state index in [9.17, 15) is 26.4 Å². The first-order valence-electron chi connectivity index (χ1n) is 10.3. The van der Waals surface area contributed by atoms with Gasteiger partial charge in [-0.05, 0) is 50.4 Å². The topological polar surface area (TPSA) is 98.9 Å². The number of carbonyl (C=O) groups excluding carboxylic acids is 1. The lowest BCUT2D eigenvalue weighted by Crippen LogP contribution is -2.45. The molecule has 2 N–H and O–H groups in total. The predicted molar refractivity (Wildman–Crippen MR) is 116 cm³/mol. The van der Waals surface area contributed by atoms with Crippen molar-refractivity contribution in [3.8, 4) is 5.75 Å². The Bertz CT molecular complexity index is 1000. The maximum Gasteiger partial charge on any atom is 0.573 e. The van der Waals surface area contributed by atoms with Crippen LogP contribution in [0.4, 0.5) is 13.2 Å². The average molecular weight is 489 g/mol. The van der Waals surface area contributed by atoms with E-state index >= 15 is 0 Å². The van der Waals surface area contributed by atoms with Gasteiger partial charge in [0.25, 0.3) is 0 Å². The zero-order valence-electron chi connectivity index (χ0n) is 18.1. The van der Waals surface area contributed by atoms with Crippen LogP contribution < -0.4 is 10.5 Å². The minimum absolute atomic E-state index is 0.0205. The number of para-hydroxylation sites is 1. The molecule has 0 aromatic heterocycles. The number of carbonyl (C=O) groups is 1. The Labute approximate surface area is 191 Å². The molecule has 0 saturated heterocycles. The summed E-state index contributed by atoms with van der Waals surface area (Å²) in [6, 6.07) is 12.6. The van der Waals surface area contributed by atoms with Crippen LogP contribution in [0.2, 0.25) is 0 Å². The smallest absolute Gasteiger partial charge is 0.465 e. The van der Waals surface area contributed by atoms with E-state index in [2.05, 4.69) is 4.74 Å². The lowest BCUT2D eigenvalue weighted by atomic mass is 10.0. The standard InChI is InChI=1S/C22H27F3N2O5S/c1-2-31-21(28)16-27(18(11-8-14-26)15-17-9-4-3-5-10-17)33(29,30)20-13-7-6-12-19(20)32-22(23,24)25/h3-7,9-10,12-13,18H,2,8,11,14-16,26H2,1H3/t18-/m0/s1. The van der Waals surface area contributed by atoms with Crippen LogP contribution in [-0.2, 0) is 26.0 Å². The summed E-state index contributed by atoms with van der Waals surface area (Å²) in [7, 11) is -4.60. The third-order valence-electron chi connectivity index (χ3n) is 4.71. The molecule has 0 aliphatic carbocycles. The van der Waals surface area contributed by atoms with Crippen molar-refractivity contribution in [2.24, 2.45) is 5.73 Å². The van der Waals surface area contributed by atoms with Gasteiger partial charge in [0, 0.05) is 6.04 Å². The summed E-state index contributed by atoms with van der Waals surface area (Å²) in [6.45, 7) is 1.19. The van der Waals surface area contributed by atoms with Crippen LogP contribution in [-0.4, -0.2) is 50.8 Å². The van der Waals surface area contributed by atoms with Crippen LogP contribution in [0, 0.1) is 0 Å². The quantitative estimate of drug-likeness (QED) is 0.459. The van der Waals surface area contributed by atoms with Crippen molar-refractivity contribution < 1.29 is 35.9 Å². The molecule has 0 unspecified atom stereocenters. The van der Waals surface area contributed by atoms with Crippen molar-refractivity contribution in [3.63, 3.8) is 0 Å². The minimum atomic E-state index is -5.10. The van der Waals surface area contributed by atoms with E-state index in [1.807, 2.05) is 0 Å². The molecule has 0 bridgehead atoms. The summed E-state index contributed by atoms with van der Waals surface area (Å²) >= 11 is 0. The number of nitrogens with zero attached hydrogens (tertiary/aromatic N) is 1. The lowest BCUT2D eigenvalue weighted by Gasteiger charge is -2.31. The number of hydrogen-bond donors (Lipinski definition) is 1. The highest BCUT2D eigenvalue weighted by Crippen LogP contribution is 2.33. The van der Waals surface area contributed by atoms with Gasteiger partial charge < -0.3 is 15.2 Å². The van der Waals surface area contributed by atoms with E-state index < -0.39 is 45.6 Å². The molecule has 182 valence electrons. The molecule has 33 heavy (non-hydrogen) atoms. The van der Waals surface area contributed by atoms with Gasteiger partial charge in [-0.1, -0.05) is 42.5 Å². The van der Waals surface area contributed by atoms with Crippen molar-refractivity contribution in [1.82, 2.24) is 4.31 Å². The second-order valence-electron chi connectivity index (χ2n) is 7.12. The molecule has 11 heteroatoms. The summed E-state index contributed by atoms with van der Waals surface area (Å²) < 4.78 is 75.7. The number of esters is 1. The third-order valence-corrected chi connectivity index (χ3v) is 6.65. The number of sulfonamides is 1. The summed E-state index contributed by atoms with van der Waals surface area (Å²) in [6.07, 6.45) is -4.15. The van der Waals surface area contributed by atoms with Crippen LogP contribution >= 0.6 is 0 Å². The number of nitrogens with two attached hydrogens (primary N) is 1. The highest BCUT2D eigenvalue weighted by Gasteiger charge is 2.38. The largest absolute Gasteiger partial charge is 0.573 e. The number of hydrogen-bond acceptors (Lipinski definition) is 6. The van der Waals surface area contributed by atoms with E-state index in [0.717, 1.165) is 22.0 Å². The number of ether oxygens (including phenoxy) is 2. The number of halogens is 3. The van der Waals surface area contributed by atoms with Gasteiger partial charge in [0.2, 0.25) is 10.0 Å². The molecule has 0 aliphatic rings. The van der Waals surface area contributed by atoms with Crippen LogP contribution in [0.15, 0.2) is 59.5 Å². The second-order valence-corrected chi connectivity index (χ2v) is 8.98. The minimum Gasteiger partial charge on any atom is -0.465 e. The van der Waals surface area contributed by atoms with Crippen LogP contribution in [0.3, 0.4) is 0 Å². The highest BCUT2D eigenvalue weighted by atomic mass is 32.2. The fraction of sp³-hybridized carbons (Fsp3) is 0.409.